The molecule has 0 unspecified atom stereocenters. The molecule has 1 aromatic rings. The molecule has 0 aliphatic rings. The zero-order valence-electron chi connectivity index (χ0n) is 9.10. The first-order valence-corrected chi connectivity index (χ1v) is 5.02. The van der Waals surface area contributed by atoms with Crippen LogP contribution in [0.4, 0.5) is 0 Å². The third kappa shape index (κ3) is 3.17. The molecule has 1 aromatic carbocycles. The summed E-state index contributed by atoms with van der Waals surface area (Å²) < 4.78 is 0. The number of allylic oxidation sites excluding steroid dienone is 2. The Hall–Kier alpha value is -1.70. The van der Waals surface area contributed by atoms with Crippen LogP contribution in [0.1, 0.15) is 23.7 Å². The van der Waals surface area contributed by atoms with Crippen molar-refractivity contribution in [2.75, 3.05) is 7.05 Å². The van der Waals surface area contributed by atoms with Gasteiger partial charge in [0.15, 0.2) is 0 Å². The van der Waals surface area contributed by atoms with Gasteiger partial charge in [-0.05, 0) is 12.5 Å². The van der Waals surface area contributed by atoms with Crippen molar-refractivity contribution < 1.29 is 4.79 Å². The summed E-state index contributed by atoms with van der Waals surface area (Å²) >= 11 is 0. The van der Waals surface area contributed by atoms with E-state index in [9.17, 15) is 4.79 Å². The highest BCUT2D eigenvalue weighted by molar-refractivity contribution is 6.49. The number of benzene rings is 1. The van der Waals surface area contributed by atoms with Crippen LogP contribution in [0.5, 0.6) is 0 Å². The maximum absolute atomic E-state index is 11.9. The van der Waals surface area contributed by atoms with Crippen LogP contribution in [-0.2, 0) is 0 Å². The number of hydrogen-bond acceptors (Lipinski definition) is 2. The topological polar surface area (TPSA) is 29.4 Å². The summed E-state index contributed by atoms with van der Waals surface area (Å²) in [6.45, 7) is 2.02. The van der Waals surface area contributed by atoms with Crippen LogP contribution in [0.25, 0.3) is 0 Å². The fourth-order valence-electron chi connectivity index (χ4n) is 1.22. The smallest absolute Gasteiger partial charge is 0.210 e. The lowest BCUT2D eigenvalue weighted by atomic mass is 10.1. The second-order valence-electron chi connectivity index (χ2n) is 3.11. The standard InChI is InChI=1S/C13H15NO/c1-3-4-10-12(14-2)13(15)11-8-6-5-7-9-11/h4-10H,3H2,1-2H3/b10-4-,14-12?. The number of Topliss-reactive ketones (excluding diaryl/α,β-unsaturated/α-hetero) is 1. The zero-order valence-corrected chi connectivity index (χ0v) is 9.10. The third-order valence-corrected chi connectivity index (χ3v) is 2.02. The van der Waals surface area contributed by atoms with E-state index >= 15 is 0 Å². The van der Waals surface area contributed by atoms with Crippen LogP contribution in [-0.4, -0.2) is 18.5 Å². The molecule has 0 aromatic heterocycles. The number of hydrogen-bond donors (Lipinski definition) is 0. The van der Waals surface area contributed by atoms with E-state index in [2.05, 4.69) is 4.99 Å². The number of nitrogens with zero attached hydrogens (tertiary/aromatic N) is 1. The van der Waals surface area contributed by atoms with Crippen molar-refractivity contribution in [3.63, 3.8) is 0 Å². The molecule has 78 valence electrons. The first-order chi connectivity index (χ1) is 7.29. The summed E-state index contributed by atoms with van der Waals surface area (Å²) in [6.07, 6.45) is 4.61. The average molecular weight is 201 g/mol. The Kier molecular flexibility index (Phi) is 4.48. The molecule has 0 aliphatic carbocycles. The quantitative estimate of drug-likeness (QED) is 0.544. The van der Waals surface area contributed by atoms with E-state index in [0.29, 0.717) is 11.3 Å². The largest absolute Gasteiger partial charge is 0.287 e. The lowest BCUT2D eigenvalue weighted by molar-refractivity contribution is 0.106. The van der Waals surface area contributed by atoms with Gasteiger partial charge in [0.1, 0.15) is 5.71 Å². The van der Waals surface area contributed by atoms with E-state index in [1.165, 1.54) is 0 Å². The Balaban J connectivity index is 2.89. The van der Waals surface area contributed by atoms with Crippen LogP contribution < -0.4 is 0 Å². The van der Waals surface area contributed by atoms with Gasteiger partial charge in [0.2, 0.25) is 5.78 Å². The predicted molar refractivity (Wildman–Crippen MR) is 63.6 cm³/mol. The number of carbonyl (C=O) groups is 1. The average Bonchev–Trinajstić information content (AvgIpc) is 2.31. The SMILES string of the molecule is CC/C=C\C(=NC)C(=O)c1ccccc1. The molecule has 0 heterocycles. The van der Waals surface area contributed by atoms with Crippen LogP contribution in [0.2, 0.25) is 0 Å². The van der Waals surface area contributed by atoms with Crippen molar-refractivity contribution in [3.8, 4) is 0 Å². The molecule has 0 saturated carbocycles. The lowest BCUT2D eigenvalue weighted by Gasteiger charge is -1.99. The molecular weight excluding hydrogens is 186 g/mol. The molecule has 1 rings (SSSR count). The number of ketones is 1. The van der Waals surface area contributed by atoms with Crippen LogP contribution in [0, 0.1) is 0 Å². The summed E-state index contributed by atoms with van der Waals surface area (Å²) in [5.74, 6) is -0.0252. The monoisotopic (exact) mass is 201 g/mol. The van der Waals surface area contributed by atoms with Gasteiger partial charge in [-0.2, -0.15) is 0 Å². The Morgan fingerprint density at radius 1 is 1.33 bits per heavy atom. The number of carbonyl (C=O) groups excluding carboxylic acids is 1. The highest BCUT2D eigenvalue weighted by Gasteiger charge is 2.09. The second kappa shape index (κ2) is 5.91. The molecule has 0 saturated heterocycles. The lowest BCUT2D eigenvalue weighted by Crippen LogP contribution is -2.11. The van der Waals surface area contributed by atoms with Crippen molar-refractivity contribution in [1.29, 1.82) is 0 Å². The molecule has 2 heteroatoms. The Bertz CT molecular complexity index is 377. The minimum atomic E-state index is -0.0252. The van der Waals surface area contributed by atoms with Crippen molar-refractivity contribution in [3.05, 3.63) is 48.0 Å². The molecule has 0 amide bonds. The summed E-state index contributed by atoms with van der Waals surface area (Å²) in [4.78, 5) is 15.9. The molecule has 0 fully saturated rings. The van der Waals surface area contributed by atoms with Gasteiger partial charge >= 0.3 is 0 Å². The van der Waals surface area contributed by atoms with Crippen molar-refractivity contribution in [1.82, 2.24) is 0 Å². The van der Waals surface area contributed by atoms with Gasteiger partial charge in [0.05, 0.1) is 0 Å². The summed E-state index contributed by atoms with van der Waals surface area (Å²) in [5.41, 5.74) is 1.18. The van der Waals surface area contributed by atoms with E-state index in [1.54, 1.807) is 25.3 Å². The van der Waals surface area contributed by atoms with Crippen molar-refractivity contribution in [2.24, 2.45) is 4.99 Å². The molecule has 15 heavy (non-hydrogen) atoms. The molecule has 0 bridgehead atoms. The maximum Gasteiger partial charge on any atom is 0.210 e. The number of aliphatic imine (C=N–C) groups is 1. The molecule has 2 nitrogen and oxygen atoms in total. The normalized spacial score (nSPS) is 12.0. The Morgan fingerprint density at radius 3 is 2.53 bits per heavy atom. The second-order valence-corrected chi connectivity index (χ2v) is 3.11. The van der Waals surface area contributed by atoms with E-state index in [1.807, 2.05) is 31.2 Å². The van der Waals surface area contributed by atoms with Gasteiger partial charge in [-0.25, -0.2) is 0 Å². The third-order valence-electron chi connectivity index (χ3n) is 2.02. The molecule has 0 aliphatic heterocycles. The first kappa shape index (κ1) is 11.4. The fraction of sp³-hybridized carbons (Fsp3) is 0.231. The van der Waals surface area contributed by atoms with Gasteiger partial charge in [-0.15, -0.1) is 0 Å². The van der Waals surface area contributed by atoms with Gasteiger partial charge < -0.3 is 0 Å². The van der Waals surface area contributed by atoms with Crippen LogP contribution in [0.15, 0.2) is 47.5 Å². The van der Waals surface area contributed by atoms with Crippen molar-refractivity contribution in [2.45, 2.75) is 13.3 Å². The molecule has 0 radical (unpaired) electrons. The molecular formula is C13H15NO. The van der Waals surface area contributed by atoms with Crippen molar-refractivity contribution >= 4 is 11.5 Å². The maximum atomic E-state index is 11.9. The van der Waals surface area contributed by atoms with Gasteiger partial charge in [0.25, 0.3) is 0 Å². The molecule has 0 atom stereocenters. The minimum Gasteiger partial charge on any atom is -0.287 e. The zero-order chi connectivity index (χ0) is 11.1. The van der Waals surface area contributed by atoms with Gasteiger partial charge in [0, 0.05) is 12.6 Å². The predicted octanol–water partition coefficient (Wildman–Crippen LogP) is 2.91. The summed E-state index contributed by atoms with van der Waals surface area (Å²) in [6, 6.07) is 9.19. The molecule has 0 spiro atoms. The van der Waals surface area contributed by atoms with E-state index in [4.69, 9.17) is 0 Å². The summed E-state index contributed by atoms with van der Waals surface area (Å²) in [5, 5.41) is 0. The van der Waals surface area contributed by atoms with E-state index in [-0.39, 0.29) is 5.78 Å². The first-order valence-electron chi connectivity index (χ1n) is 5.02. The number of rotatable bonds is 4. The Morgan fingerprint density at radius 2 is 2.00 bits per heavy atom. The van der Waals surface area contributed by atoms with E-state index < -0.39 is 0 Å². The fourth-order valence-corrected chi connectivity index (χ4v) is 1.22. The highest BCUT2D eigenvalue weighted by atomic mass is 16.1. The summed E-state index contributed by atoms with van der Waals surface area (Å²) in [7, 11) is 1.64. The van der Waals surface area contributed by atoms with Crippen LogP contribution >= 0.6 is 0 Å². The van der Waals surface area contributed by atoms with Crippen LogP contribution in [0.3, 0.4) is 0 Å². The Labute approximate surface area is 90.4 Å². The minimum absolute atomic E-state index is 0.0252. The van der Waals surface area contributed by atoms with E-state index in [0.717, 1.165) is 6.42 Å². The highest BCUT2D eigenvalue weighted by Crippen LogP contribution is 2.02. The van der Waals surface area contributed by atoms with Gasteiger partial charge in [-0.1, -0.05) is 43.3 Å². The van der Waals surface area contributed by atoms with Gasteiger partial charge in [-0.3, -0.25) is 9.79 Å². The molecule has 0 N–H and O–H groups in total.